The molecule has 2 N–H and O–H groups in total. The molecule has 1 heterocycles. The zero-order valence-electron chi connectivity index (χ0n) is 15.0. The number of ether oxygens (including phenoxy) is 1. The molecule has 2 rings (SSSR count). The van der Waals surface area contributed by atoms with Crippen LogP contribution in [0.1, 0.15) is 59.3 Å². The number of likely N-dealkylation sites (tertiary alicyclic amines) is 1. The van der Waals surface area contributed by atoms with Crippen LogP contribution in [-0.4, -0.2) is 54.0 Å². The van der Waals surface area contributed by atoms with E-state index in [0.29, 0.717) is 17.9 Å². The van der Waals surface area contributed by atoms with Gasteiger partial charge in [-0.15, -0.1) is 0 Å². The largest absolute Gasteiger partial charge is 0.444 e. The van der Waals surface area contributed by atoms with Crippen LogP contribution in [0.5, 0.6) is 0 Å². The molecule has 2 unspecified atom stereocenters. The molecular formula is C18H34N2O3. The highest BCUT2D eigenvalue weighted by atomic mass is 16.6. The summed E-state index contributed by atoms with van der Waals surface area (Å²) in [5.74, 6) is 1.23. The normalized spacial score (nSPS) is 26.5. The molecule has 0 aromatic heterocycles. The van der Waals surface area contributed by atoms with Crippen LogP contribution in [0.15, 0.2) is 0 Å². The number of nitrogens with zero attached hydrogens (tertiary/aromatic N) is 1. The molecule has 0 aromatic carbocycles. The zero-order chi connectivity index (χ0) is 16.9. The highest BCUT2D eigenvalue weighted by molar-refractivity contribution is 5.68. The van der Waals surface area contributed by atoms with E-state index in [9.17, 15) is 4.79 Å². The molecule has 1 saturated carbocycles. The smallest absolute Gasteiger partial charge is 0.410 e. The summed E-state index contributed by atoms with van der Waals surface area (Å²) >= 11 is 0. The third-order valence-corrected chi connectivity index (χ3v) is 5.06. The summed E-state index contributed by atoms with van der Waals surface area (Å²) in [5.41, 5.74) is -0.434. The van der Waals surface area contributed by atoms with Crippen LogP contribution in [0.3, 0.4) is 0 Å². The van der Waals surface area contributed by atoms with Gasteiger partial charge in [0.05, 0.1) is 0 Å². The third-order valence-electron chi connectivity index (χ3n) is 5.06. The van der Waals surface area contributed by atoms with Gasteiger partial charge in [-0.3, -0.25) is 0 Å². The molecule has 2 fully saturated rings. The van der Waals surface area contributed by atoms with Crippen LogP contribution in [-0.2, 0) is 4.74 Å². The maximum atomic E-state index is 12.4. The van der Waals surface area contributed by atoms with E-state index in [4.69, 9.17) is 9.84 Å². The summed E-state index contributed by atoms with van der Waals surface area (Å²) in [5, 5.41) is 12.6. The summed E-state index contributed by atoms with van der Waals surface area (Å²) in [6, 6.07) is 0.461. The quantitative estimate of drug-likeness (QED) is 0.763. The van der Waals surface area contributed by atoms with Crippen molar-refractivity contribution in [2.45, 2.75) is 70.9 Å². The summed E-state index contributed by atoms with van der Waals surface area (Å²) in [6.07, 6.45) is 6.80. The number of aliphatic hydroxyl groups is 1. The number of amides is 1. The van der Waals surface area contributed by atoms with Gasteiger partial charge < -0.3 is 20.1 Å². The van der Waals surface area contributed by atoms with Crippen molar-refractivity contribution >= 4 is 6.09 Å². The minimum Gasteiger partial charge on any atom is -0.444 e. The Morgan fingerprint density at radius 1 is 1.26 bits per heavy atom. The summed E-state index contributed by atoms with van der Waals surface area (Å²) in [7, 11) is 0. The Morgan fingerprint density at radius 2 is 1.96 bits per heavy atom. The number of nitrogens with one attached hydrogen (secondary N) is 1. The Bertz CT molecular complexity index is 375. The molecule has 134 valence electrons. The van der Waals surface area contributed by atoms with Gasteiger partial charge in [-0.05, 0) is 52.0 Å². The number of carbonyl (C=O) groups excluding carboxylic acids is 1. The van der Waals surface area contributed by atoms with Gasteiger partial charge in [0, 0.05) is 25.7 Å². The first kappa shape index (κ1) is 18.5. The molecule has 0 radical (unpaired) electrons. The van der Waals surface area contributed by atoms with E-state index in [1.54, 1.807) is 0 Å². The Hall–Kier alpha value is -0.810. The van der Waals surface area contributed by atoms with E-state index in [1.807, 2.05) is 25.7 Å². The molecule has 2 aliphatic rings. The molecule has 5 nitrogen and oxygen atoms in total. The summed E-state index contributed by atoms with van der Waals surface area (Å²) in [4.78, 5) is 14.3. The molecule has 0 bridgehead atoms. The van der Waals surface area contributed by atoms with E-state index in [0.717, 1.165) is 32.5 Å². The predicted octanol–water partition coefficient (Wildman–Crippen LogP) is 2.77. The van der Waals surface area contributed by atoms with E-state index >= 15 is 0 Å². The van der Waals surface area contributed by atoms with Crippen molar-refractivity contribution < 1.29 is 14.6 Å². The third kappa shape index (κ3) is 5.64. The molecule has 1 amide bonds. The van der Waals surface area contributed by atoms with Crippen molar-refractivity contribution in [2.24, 2.45) is 11.8 Å². The average Bonchev–Trinajstić information content (AvgIpc) is 3.00. The summed E-state index contributed by atoms with van der Waals surface area (Å²) < 4.78 is 5.56. The molecule has 0 aromatic rings. The standard InChI is InChI=1S/C18H34N2O3/c1-18(2,3)23-17(22)20-11-9-16(19-10-6-12-21)15(13-20)14-7-4-5-8-14/h14-16,19,21H,4-13H2,1-3H3. The minimum absolute atomic E-state index is 0.172. The lowest BCUT2D eigenvalue weighted by molar-refractivity contribution is 0.00824. The van der Waals surface area contributed by atoms with Crippen molar-refractivity contribution in [2.75, 3.05) is 26.2 Å². The van der Waals surface area contributed by atoms with E-state index in [1.165, 1.54) is 25.7 Å². The first-order chi connectivity index (χ1) is 10.9. The fourth-order valence-electron chi connectivity index (χ4n) is 3.96. The van der Waals surface area contributed by atoms with E-state index in [2.05, 4.69) is 5.32 Å². The summed E-state index contributed by atoms with van der Waals surface area (Å²) in [6.45, 7) is 8.41. The lowest BCUT2D eigenvalue weighted by Crippen LogP contribution is -2.54. The number of hydrogen-bond acceptors (Lipinski definition) is 4. The van der Waals surface area contributed by atoms with Crippen molar-refractivity contribution in [3.8, 4) is 0 Å². The van der Waals surface area contributed by atoms with Crippen LogP contribution in [0.4, 0.5) is 4.79 Å². The first-order valence-corrected chi connectivity index (χ1v) is 9.23. The maximum absolute atomic E-state index is 12.4. The first-order valence-electron chi connectivity index (χ1n) is 9.23. The number of piperidine rings is 1. The predicted molar refractivity (Wildman–Crippen MR) is 91.4 cm³/mol. The van der Waals surface area contributed by atoms with Gasteiger partial charge in [-0.25, -0.2) is 4.79 Å². The van der Waals surface area contributed by atoms with E-state index in [-0.39, 0.29) is 12.7 Å². The van der Waals surface area contributed by atoms with Crippen molar-refractivity contribution in [3.05, 3.63) is 0 Å². The van der Waals surface area contributed by atoms with Crippen molar-refractivity contribution in [3.63, 3.8) is 0 Å². The second-order valence-corrected chi connectivity index (χ2v) is 8.06. The van der Waals surface area contributed by atoms with Gasteiger partial charge >= 0.3 is 6.09 Å². The number of hydrogen-bond donors (Lipinski definition) is 2. The fraction of sp³-hybridized carbons (Fsp3) is 0.944. The lowest BCUT2D eigenvalue weighted by atomic mass is 9.80. The monoisotopic (exact) mass is 326 g/mol. The zero-order valence-corrected chi connectivity index (χ0v) is 15.0. The van der Waals surface area contributed by atoms with E-state index < -0.39 is 5.60 Å². The molecule has 2 atom stereocenters. The van der Waals surface area contributed by atoms with Gasteiger partial charge in [0.25, 0.3) is 0 Å². The Balaban J connectivity index is 1.96. The van der Waals surface area contributed by atoms with Gasteiger partial charge in [0.1, 0.15) is 5.60 Å². The minimum atomic E-state index is -0.434. The average molecular weight is 326 g/mol. The van der Waals surface area contributed by atoms with Crippen LogP contribution in [0, 0.1) is 11.8 Å². The molecule has 1 aliphatic carbocycles. The number of carbonyl (C=O) groups is 1. The molecule has 1 saturated heterocycles. The Morgan fingerprint density at radius 3 is 2.57 bits per heavy atom. The lowest BCUT2D eigenvalue weighted by Gasteiger charge is -2.42. The Kier molecular flexibility index (Phi) is 6.72. The van der Waals surface area contributed by atoms with Crippen LogP contribution < -0.4 is 5.32 Å². The second-order valence-electron chi connectivity index (χ2n) is 8.06. The highest BCUT2D eigenvalue weighted by Crippen LogP contribution is 2.36. The highest BCUT2D eigenvalue weighted by Gasteiger charge is 2.38. The molecule has 5 heteroatoms. The number of rotatable bonds is 5. The van der Waals surface area contributed by atoms with Gasteiger partial charge in [0.2, 0.25) is 0 Å². The van der Waals surface area contributed by atoms with Crippen molar-refractivity contribution in [1.29, 1.82) is 0 Å². The van der Waals surface area contributed by atoms with Crippen LogP contribution in [0.2, 0.25) is 0 Å². The number of aliphatic hydroxyl groups excluding tert-OH is 1. The molecule has 0 spiro atoms. The maximum Gasteiger partial charge on any atom is 0.410 e. The van der Waals surface area contributed by atoms with Crippen molar-refractivity contribution in [1.82, 2.24) is 10.2 Å². The Labute approximate surface area is 140 Å². The van der Waals surface area contributed by atoms with Gasteiger partial charge in [0.15, 0.2) is 0 Å². The molecule has 23 heavy (non-hydrogen) atoms. The van der Waals surface area contributed by atoms with Gasteiger partial charge in [-0.2, -0.15) is 0 Å². The van der Waals surface area contributed by atoms with Crippen LogP contribution >= 0.6 is 0 Å². The SMILES string of the molecule is CC(C)(C)OC(=O)N1CCC(NCCCO)C(C2CCCC2)C1. The topological polar surface area (TPSA) is 61.8 Å². The molecule has 1 aliphatic heterocycles. The second kappa shape index (κ2) is 8.34. The fourth-order valence-corrected chi connectivity index (χ4v) is 3.96. The van der Waals surface area contributed by atoms with Gasteiger partial charge in [-0.1, -0.05) is 25.7 Å². The molecular weight excluding hydrogens is 292 g/mol. The van der Waals surface area contributed by atoms with Crippen LogP contribution in [0.25, 0.3) is 0 Å².